The molecule has 0 amide bonds. The Hall–Kier alpha value is -3.27. The summed E-state index contributed by atoms with van der Waals surface area (Å²) >= 11 is 0. The van der Waals surface area contributed by atoms with Crippen molar-refractivity contribution in [2.75, 3.05) is 5.43 Å². The minimum atomic E-state index is -0.723. The molecule has 0 aliphatic heterocycles. The van der Waals surface area contributed by atoms with Crippen LogP contribution in [0.4, 0.5) is 5.95 Å². The van der Waals surface area contributed by atoms with Crippen LogP contribution in [0.15, 0.2) is 39.2 Å². The lowest BCUT2D eigenvalue weighted by atomic mass is 10.3. The molecule has 1 atom stereocenters. The van der Waals surface area contributed by atoms with Crippen molar-refractivity contribution in [2.45, 2.75) is 19.6 Å². The van der Waals surface area contributed by atoms with Crippen LogP contribution in [0, 0.1) is 0 Å². The smallest absolute Gasteiger partial charge is 0.329 e. The summed E-state index contributed by atoms with van der Waals surface area (Å²) in [6, 6.07) is 3.55. The monoisotopic (exact) mass is 343 g/mol. The fourth-order valence-electron chi connectivity index (χ4n) is 2.38. The van der Waals surface area contributed by atoms with Gasteiger partial charge >= 0.3 is 5.69 Å². The lowest BCUT2D eigenvalue weighted by Crippen LogP contribution is -2.29. The molecule has 10 nitrogen and oxygen atoms in total. The number of nitrogens with one attached hydrogen (secondary N) is 2. The number of fused-ring (bicyclic) bond motifs is 1. The highest BCUT2D eigenvalue weighted by Gasteiger charge is 2.18. The average molecular weight is 343 g/mol. The van der Waals surface area contributed by atoms with Crippen LogP contribution in [0.1, 0.15) is 12.5 Å². The highest BCUT2D eigenvalue weighted by molar-refractivity contribution is 5.80. The zero-order valence-corrected chi connectivity index (χ0v) is 13.7. The minimum Gasteiger partial charge on any atom is -0.392 e. The van der Waals surface area contributed by atoms with Gasteiger partial charge in [0.15, 0.2) is 11.2 Å². The van der Waals surface area contributed by atoms with E-state index in [0.29, 0.717) is 0 Å². The normalized spacial score (nSPS) is 12.8. The van der Waals surface area contributed by atoms with Crippen LogP contribution in [0.25, 0.3) is 11.2 Å². The number of hydrazone groups is 1. The number of aromatic amines is 1. The van der Waals surface area contributed by atoms with Gasteiger partial charge in [0.2, 0.25) is 5.95 Å². The quantitative estimate of drug-likeness (QED) is 0.429. The number of pyridine rings is 1. The third kappa shape index (κ3) is 3.33. The van der Waals surface area contributed by atoms with Crippen molar-refractivity contribution in [2.24, 2.45) is 12.1 Å². The summed E-state index contributed by atoms with van der Waals surface area (Å²) in [4.78, 5) is 34.3. The fraction of sp³-hybridized carbons (Fsp3) is 0.267. The number of anilines is 1. The zero-order valence-electron chi connectivity index (χ0n) is 13.7. The van der Waals surface area contributed by atoms with E-state index in [0.717, 1.165) is 5.56 Å². The van der Waals surface area contributed by atoms with Crippen LogP contribution >= 0.6 is 0 Å². The highest BCUT2D eigenvalue weighted by atomic mass is 16.3. The summed E-state index contributed by atoms with van der Waals surface area (Å²) in [5.41, 5.74) is 2.83. The Labute approximate surface area is 141 Å². The largest absolute Gasteiger partial charge is 0.392 e. The molecule has 0 bridgehead atoms. The molecule has 0 aliphatic carbocycles. The summed E-state index contributed by atoms with van der Waals surface area (Å²) in [6.07, 6.45) is 4.12. The SMILES string of the molecule is C[C@H](O)Cn1c(N/N=C\c2ccncc2)nc2c1c(=O)[nH]c(=O)n2C. The Bertz CT molecular complexity index is 1030. The van der Waals surface area contributed by atoms with Gasteiger partial charge in [0.1, 0.15) is 0 Å². The van der Waals surface area contributed by atoms with Crippen LogP contribution in [-0.4, -0.2) is 41.5 Å². The topological polar surface area (TPSA) is 130 Å². The van der Waals surface area contributed by atoms with E-state index in [1.165, 1.54) is 16.2 Å². The van der Waals surface area contributed by atoms with Gasteiger partial charge in [-0.1, -0.05) is 0 Å². The second-order valence-electron chi connectivity index (χ2n) is 5.54. The maximum absolute atomic E-state index is 12.2. The Morgan fingerprint density at radius 2 is 2.12 bits per heavy atom. The van der Waals surface area contributed by atoms with Crippen molar-refractivity contribution in [1.29, 1.82) is 0 Å². The van der Waals surface area contributed by atoms with Gasteiger partial charge in [0, 0.05) is 19.4 Å². The molecular weight excluding hydrogens is 326 g/mol. The number of H-pyrrole nitrogens is 1. The highest BCUT2D eigenvalue weighted by Crippen LogP contribution is 2.16. The summed E-state index contributed by atoms with van der Waals surface area (Å²) in [7, 11) is 1.50. The molecule has 0 aromatic carbocycles. The molecule has 0 aliphatic rings. The van der Waals surface area contributed by atoms with E-state index < -0.39 is 17.4 Å². The molecule has 0 radical (unpaired) electrons. The molecule has 0 fully saturated rings. The summed E-state index contributed by atoms with van der Waals surface area (Å²) in [6.45, 7) is 1.71. The first-order valence-electron chi connectivity index (χ1n) is 7.54. The van der Waals surface area contributed by atoms with Gasteiger partial charge in [-0.25, -0.2) is 10.2 Å². The number of aliphatic hydroxyl groups is 1. The first-order chi connectivity index (χ1) is 12.0. The number of rotatable bonds is 5. The van der Waals surface area contributed by atoms with Gasteiger partial charge in [-0.05, 0) is 24.6 Å². The van der Waals surface area contributed by atoms with Crippen molar-refractivity contribution in [3.63, 3.8) is 0 Å². The van der Waals surface area contributed by atoms with E-state index in [1.54, 1.807) is 37.7 Å². The summed E-state index contributed by atoms with van der Waals surface area (Å²) < 4.78 is 2.72. The second-order valence-corrected chi connectivity index (χ2v) is 5.54. The van der Waals surface area contributed by atoms with E-state index in [9.17, 15) is 14.7 Å². The number of hydrogen-bond donors (Lipinski definition) is 3. The molecule has 3 rings (SSSR count). The molecule has 0 spiro atoms. The maximum Gasteiger partial charge on any atom is 0.329 e. The molecule has 0 saturated heterocycles. The Morgan fingerprint density at radius 1 is 1.40 bits per heavy atom. The number of hydrogen-bond acceptors (Lipinski definition) is 7. The molecule has 3 aromatic heterocycles. The lowest BCUT2D eigenvalue weighted by molar-refractivity contribution is 0.175. The Morgan fingerprint density at radius 3 is 2.80 bits per heavy atom. The van der Waals surface area contributed by atoms with Gasteiger partial charge in [-0.15, -0.1) is 0 Å². The van der Waals surface area contributed by atoms with Gasteiger partial charge in [0.05, 0.1) is 18.9 Å². The van der Waals surface area contributed by atoms with Crippen molar-refractivity contribution in [1.82, 2.24) is 24.1 Å². The third-order valence-electron chi connectivity index (χ3n) is 3.54. The summed E-state index contributed by atoms with van der Waals surface area (Å²) in [5.74, 6) is 0.243. The number of imidazole rings is 1. The fourth-order valence-corrected chi connectivity index (χ4v) is 2.38. The third-order valence-corrected chi connectivity index (χ3v) is 3.54. The van der Waals surface area contributed by atoms with Crippen LogP contribution in [0.2, 0.25) is 0 Å². The number of aryl methyl sites for hydroxylation is 1. The van der Waals surface area contributed by atoms with E-state index >= 15 is 0 Å². The van der Waals surface area contributed by atoms with Crippen LogP contribution in [-0.2, 0) is 13.6 Å². The van der Waals surface area contributed by atoms with Gasteiger partial charge in [0.25, 0.3) is 5.56 Å². The predicted octanol–water partition coefficient (Wildman–Crippen LogP) is -0.355. The molecular formula is C15H17N7O3. The lowest BCUT2D eigenvalue weighted by Gasteiger charge is -2.09. The van der Waals surface area contributed by atoms with Crippen LogP contribution < -0.4 is 16.7 Å². The predicted molar refractivity (Wildman–Crippen MR) is 92.7 cm³/mol. The van der Waals surface area contributed by atoms with E-state index in [4.69, 9.17) is 0 Å². The molecule has 130 valence electrons. The van der Waals surface area contributed by atoms with Gasteiger partial charge in [-0.2, -0.15) is 10.1 Å². The van der Waals surface area contributed by atoms with Crippen LogP contribution in [0.5, 0.6) is 0 Å². The molecule has 0 unspecified atom stereocenters. The number of aliphatic hydroxyl groups excluding tert-OH is 1. The van der Waals surface area contributed by atoms with Crippen molar-refractivity contribution >= 4 is 23.3 Å². The molecule has 3 heterocycles. The molecule has 25 heavy (non-hydrogen) atoms. The van der Waals surface area contributed by atoms with E-state index in [-0.39, 0.29) is 23.7 Å². The Kier molecular flexibility index (Phi) is 4.44. The molecule has 3 aromatic rings. The molecule has 10 heteroatoms. The van der Waals surface area contributed by atoms with Crippen LogP contribution in [0.3, 0.4) is 0 Å². The summed E-state index contributed by atoms with van der Waals surface area (Å²) in [5, 5.41) is 13.8. The first kappa shape index (κ1) is 16.6. The standard InChI is InChI=1S/C15H17N7O3/c1-9(23)8-22-11-12(21(2)15(25)19-13(11)24)18-14(22)20-17-7-10-3-5-16-6-4-10/h3-7,9,23H,8H2,1-2H3,(H,18,20)(H,19,24,25)/b17-7-/t9-/m0/s1. The first-order valence-corrected chi connectivity index (χ1v) is 7.54. The molecule has 0 saturated carbocycles. The number of aromatic nitrogens is 5. The molecule has 3 N–H and O–H groups in total. The minimum absolute atomic E-state index is 0.116. The van der Waals surface area contributed by atoms with Crippen molar-refractivity contribution in [3.8, 4) is 0 Å². The van der Waals surface area contributed by atoms with E-state index in [2.05, 4.69) is 25.5 Å². The van der Waals surface area contributed by atoms with Gasteiger partial charge < -0.3 is 9.67 Å². The number of nitrogens with zero attached hydrogens (tertiary/aromatic N) is 5. The van der Waals surface area contributed by atoms with Gasteiger partial charge in [-0.3, -0.25) is 19.3 Å². The van der Waals surface area contributed by atoms with Crippen molar-refractivity contribution < 1.29 is 5.11 Å². The maximum atomic E-state index is 12.2. The van der Waals surface area contributed by atoms with E-state index in [1.807, 2.05) is 0 Å². The average Bonchev–Trinajstić information content (AvgIpc) is 2.92. The second kappa shape index (κ2) is 6.69. The van der Waals surface area contributed by atoms with Crippen molar-refractivity contribution in [3.05, 3.63) is 50.9 Å². The zero-order chi connectivity index (χ0) is 18.0. The Balaban J connectivity index is 2.06.